The highest BCUT2D eigenvalue weighted by Gasteiger charge is 2.30. The van der Waals surface area contributed by atoms with E-state index in [0.29, 0.717) is 29.3 Å². The van der Waals surface area contributed by atoms with E-state index in [1.54, 1.807) is 30.3 Å². The Kier molecular flexibility index (Phi) is 5.73. The Morgan fingerprint density at radius 2 is 1.73 bits per heavy atom. The Bertz CT molecular complexity index is 1010. The largest absolute Gasteiger partial charge is 0.478 e. The molecule has 30 heavy (non-hydrogen) atoms. The number of nitrogens with zero attached hydrogens (tertiary/aromatic N) is 1. The number of rotatable bonds is 7. The molecule has 0 aliphatic carbocycles. The van der Waals surface area contributed by atoms with E-state index in [-0.39, 0.29) is 0 Å². The minimum atomic E-state index is -4.39. The molecule has 0 aliphatic rings. The molecular formula is C21H19F3N2O4. The van der Waals surface area contributed by atoms with Gasteiger partial charge in [-0.1, -0.05) is 17.3 Å². The molecule has 6 nitrogen and oxygen atoms in total. The lowest BCUT2D eigenvalue weighted by Crippen LogP contribution is -2.37. The van der Waals surface area contributed by atoms with Gasteiger partial charge in [-0.05, 0) is 50.2 Å². The van der Waals surface area contributed by atoms with Gasteiger partial charge in [0.2, 0.25) is 0 Å². The Balaban J connectivity index is 1.60. The van der Waals surface area contributed by atoms with Gasteiger partial charge in [0.25, 0.3) is 0 Å². The molecule has 2 N–H and O–H groups in total. The van der Waals surface area contributed by atoms with Crippen LogP contribution in [0.1, 0.15) is 25.2 Å². The lowest BCUT2D eigenvalue weighted by molar-refractivity contribution is -0.152. The fourth-order valence-electron chi connectivity index (χ4n) is 2.53. The molecule has 9 heteroatoms. The number of carboxylic acid groups (broad SMARTS) is 1. The van der Waals surface area contributed by atoms with Gasteiger partial charge in [-0.3, -0.25) is 0 Å². The Morgan fingerprint density at radius 3 is 2.30 bits per heavy atom. The minimum Gasteiger partial charge on any atom is -0.478 e. The van der Waals surface area contributed by atoms with Crippen molar-refractivity contribution in [3.63, 3.8) is 0 Å². The molecule has 0 aliphatic heterocycles. The quantitative estimate of drug-likeness (QED) is 0.546. The predicted molar refractivity (Wildman–Crippen MR) is 103 cm³/mol. The summed E-state index contributed by atoms with van der Waals surface area (Å²) in [6.07, 6.45) is -4.39. The second kappa shape index (κ2) is 8.10. The van der Waals surface area contributed by atoms with Crippen molar-refractivity contribution in [2.45, 2.75) is 32.2 Å². The highest BCUT2D eigenvalue weighted by molar-refractivity contribution is 5.76. The number of ether oxygens (including phenoxy) is 1. The van der Waals surface area contributed by atoms with Crippen LogP contribution >= 0.6 is 0 Å². The first-order valence-electron chi connectivity index (χ1n) is 8.94. The Hall–Kier alpha value is -3.49. The van der Waals surface area contributed by atoms with E-state index < -0.39 is 23.3 Å². The molecule has 0 fully saturated rings. The van der Waals surface area contributed by atoms with Crippen molar-refractivity contribution in [1.82, 2.24) is 5.16 Å². The molecule has 0 bridgehead atoms. The molecule has 0 saturated heterocycles. The third-order valence-electron chi connectivity index (χ3n) is 4.28. The van der Waals surface area contributed by atoms with Gasteiger partial charge >= 0.3 is 12.1 Å². The van der Waals surface area contributed by atoms with Crippen LogP contribution in [-0.4, -0.2) is 21.8 Å². The number of hydrogen-bond donors (Lipinski definition) is 2. The molecule has 0 amide bonds. The third-order valence-corrected chi connectivity index (χ3v) is 4.28. The highest BCUT2D eigenvalue weighted by atomic mass is 19.4. The average Bonchev–Trinajstić information content (AvgIpc) is 3.15. The summed E-state index contributed by atoms with van der Waals surface area (Å²) in [7, 11) is 0. The van der Waals surface area contributed by atoms with Gasteiger partial charge in [0, 0.05) is 17.3 Å². The maximum absolute atomic E-state index is 12.7. The van der Waals surface area contributed by atoms with Crippen molar-refractivity contribution in [3.8, 4) is 17.0 Å². The van der Waals surface area contributed by atoms with Gasteiger partial charge < -0.3 is 19.7 Å². The van der Waals surface area contributed by atoms with Crippen molar-refractivity contribution in [2.75, 3.05) is 5.32 Å². The zero-order valence-corrected chi connectivity index (χ0v) is 16.2. The van der Waals surface area contributed by atoms with Crippen molar-refractivity contribution in [1.29, 1.82) is 0 Å². The number of anilines is 1. The fraction of sp³-hybridized carbons (Fsp3) is 0.238. The molecule has 0 saturated carbocycles. The summed E-state index contributed by atoms with van der Waals surface area (Å²) >= 11 is 0. The number of benzene rings is 2. The molecule has 3 aromatic rings. The van der Waals surface area contributed by atoms with E-state index in [0.717, 1.165) is 17.8 Å². The fourth-order valence-corrected chi connectivity index (χ4v) is 2.53. The van der Waals surface area contributed by atoms with Crippen molar-refractivity contribution < 1.29 is 32.3 Å². The van der Waals surface area contributed by atoms with E-state index in [2.05, 4.69) is 10.5 Å². The number of aliphatic carboxylic acids is 1. The summed E-state index contributed by atoms with van der Waals surface area (Å²) in [6, 6.07) is 13.0. The maximum atomic E-state index is 12.7. The summed E-state index contributed by atoms with van der Waals surface area (Å²) in [6.45, 7) is 3.22. The molecule has 158 valence electrons. The number of alkyl halides is 3. The molecule has 3 rings (SSSR count). The number of aromatic nitrogens is 1. The Morgan fingerprint density at radius 1 is 1.10 bits per heavy atom. The number of carbonyl (C=O) groups is 1. The van der Waals surface area contributed by atoms with Crippen LogP contribution in [-0.2, 0) is 17.5 Å². The van der Waals surface area contributed by atoms with Crippen LogP contribution in [0.2, 0.25) is 0 Å². The van der Waals surface area contributed by atoms with Crippen LogP contribution in [0, 0.1) is 0 Å². The maximum Gasteiger partial charge on any atom is 0.416 e. The predicted octanol–water partition coefficient (Wildman–Crippen LogP) is 5.21. The van der Waals surface area contributed by atoms with Crippen LogP contribution in [0.5, 0.6) is 5.75 Å². The van der Waals surface area contributed by atoms with Gasteiger partial charge in [-0.2, -0.15) is 13.2 Å². The van der Waals surface area contributed by atoms with Gasteiger partial charge in [0.1, 0.15) is 11.4 Å². The number of hydrogen-bond acceptors (Lipinski definition) is 5. The average molecular weight is 420 g/mol. The monoisotopic (exact) mass is 420 g/mol. The first-order chi connectivity index (χ1) is 14.0. The number of carboxylic acids is 1. The molecular weight excluding hydrogens is 401 g/mol. The summed E-state index contributed by atoms with van der Waals surface area (Å²) in [5.74, 6) is -0.159. The summed E-state index contributed by atoms with van der Waals surface area (Å²) in [5, 5.41) is 16.1. The van der Waals surface area contributed by atoms with Crippen molar-refractivity contribution in [3.05, 3.63) is 65.9 Å². The normalized spacial score (nSPS) is 11.9. The van der Waals surface area contributed by atoms with Gasteiger partial charge in [-0.25, -0.2) is 4.79 Å². The lowest BCUT2D eigenvalue weighted by Gasteiger charge is -2.21. The first kappa shape index (κ1) is 21.2. The molecule has 0 spiro atoms. The zero-order chi connectivity index (χ0) is 21.9. The van der Waals surface area contributed by atoms with Crippen LogP contribution < -0.4 is 10.1 Å². The van der Waals surface area contributed by atoms with Crippen LogP contribution in [0.15, 0.2) is 59.1 Å². The molecule has 2 aromatic carbocycles. The second-order valence-corrected chi connectivity index (χ2v) is 7.05. The minimum absolute atomic E-state index is 0.300. The molecule has 0 atom stereocenters. The third kappa shape index (κ3) is 5.11. The van der Waals surface area contributed by atoms with Crippen LogP contribution in [0.4, 0.5) is 18.9 Å². The van der Waals surface area contributed by atoms with Gasteiger partial charge in [-0.15, -0.1) is 0 Å². The SMILES string of the molecule is CC(C)(Oc1ccc(NCc2cc(-c3ccc(C(F)(F)F)cc3)no2)cc1)C(=O)O. The van der Waals surface area contributed by atoms with Crippen LogP contribution in [0.25, 0.3) is 11.3 Å². The van der Waals surface area contributed by atoms with Gasteiger partial charge in [0.15, 0.2) is 11.4 Å². The molecule has 1 heterocycles. The van der Waals surface area contributed by atoms with Crippen molar-refractivity contribution in [2.24, 2.45) is 0 Å². The second-order valence-electron chi connectivity index (χ2n) is 7.05. The summed E-state index contributed by atoms with van der Waals surface area (Å²) < 4.78 is 48.6. The lowest BCUT2D eigenvalue weighted by atomic mass is 10.1. The Labute approximate surface area is 170 Å². The first-order valence-corrected chi connectivity index (χ1v) is 8.94. The number of nitrogens with one attached hydrogen (secondary N) is 1. The smallest absolute Gasteiger partial charge is 0.416 e. The van der Waals surface area contributed by atoms with E-state index >= 15 is 0 Å². The van der Waals surface area contributed by atoms with Crippen LogP contribution in [0.3, 0.4) is 0 Å². The summed E-state index contributed by atoms with van der Waals surface area (Å²) in [4.78, 5) is 11.1. The number of halogens is 3. The van der Waals surface area contributed by atoms with E-state index in [9.17, 15) is 18.0 Å². The topological polar surface area (TPSA) is 84.6 Å². The standard InChI is InChI=1S/C21H19F3N2O4/c1-20(2,19(27)28)29-16-9-7-15(8-10-16)25-12-17-11-18(26-30-17)13-3-5-14(6-4-13)21(22,23)24/h3-11,25H,12H2,1-2H3,(H,27,28). The summed E-state index contributed by atoms with van der Waals surface area (Å²) in [5.41, 5.74) is -0.386. The van der Waals surface area contributed by atoms with Gasteiger partial charge in [0.05, 0.1) is 12.1 Å². The molecule has 0 radical (unpaired) electrons. The zero-order valence-electron chi connectivity index (χ0n) is 16.2. The van der Waals surface area contributed by atoms with E-state index in [1.165, 1.54) is 26.0 Å². The molecule has 0 unspecified atom stereocenters. The van der Waals surface area contributed by atoms with E-state index in [1.807, 2.05) is 0 Å². The van der Waals surface area contributed by atoms with Crippen molar-refractivity contribution >= 4 is 11.7 Å². The highest BCUT2D eigenvalue weighted by Crippen LogP contribution is 2.31. The molecule has 1 aromatic heterocycles. The van der Waals surface area contributed by atoms with E-state index in [4.69, 9.17) is 14.4 Å².